The van der Waals surface area contributed by atoms with Gasteiger partial charge in [-0.1, -0.05) is 49.5 Å². The highest BCUT2D eigenvalue weighted by Crippen LogP contribution is 2.27. The fourth-order valence-electron chi connectivity index (χ4n) is 2.09. The normalized spacial score (nSPS) is 14.8. The predicted molar refractivity (Wildman–Crippen MR) is 97.5 cm³/mol. The van der Waals surface area contributed by atoms with Crippen molar-refractivity contribution in [3.8, 4) is 0 Å². The average Bonchev–Trinajstić information content (AvgIpc) is 2.45. The van der Waals surface area contributed by atoms with Gasteiger partial charge in [0.15, 0.2) is 6.29 Å². The first kappa shape index (κ1) is 23.0. The molecule has 0 aromatic heterocycles. The summed E-state index contributed by atoms with van der Waals surface area (Å²) in [6, 6.07) is 0.665. The lowest BCUT2D eigenvalue weighted by atomic mass is 10.2. The van der Waals surface area contributed by atoms with Crippen LogP contribution in [0, 0.1) is 5.92 Å². The van der Waals surface area contributed by atoms with Crippen LogP contribution in [0.15, 0.2) is 0 Å². The summed E-state index contributed by atoms with van der Waals surface area (Å²) in [6.45, 7) is 12.3. The molecule has 0 fully saturated rings. The van der Waals surface area contributed by atoms with E-state index >= 15 is 0 Å². The van der Waals surface area contributed by atoms with E-state index in [1.165, 1.54) is 0 Å². The first-order valence-electron chi connectivity index (χ1n) is 8.60. The maximum absolute atomic E-state index is 11.7. The molecular weight excluding hydrogens is 380 g/mol. The summed E-state index contributed by atoms with van der Waals surface area (Å²) in [5.41, 5.74) is 0. The van der Waals surface area contributed by atoms with E-state index in [2.05, 4.69) is 22.9 Å². The molecule has 0 heterocycles. The zero-order valence-electron chi connectivity index (χ0n) is 15.4. The van der Waals surface area contributed by atoms with Crippen LogP contribution in [0.25, 0.3) is 0 Å². The van der Waals surface area contributed by atoms with Gasteiger partial charge in [-0.2, -0.15) is 0 Å². The number of hydrogen-bond donors (Lipinski definition) is 0. The Balaban J connectivity index is 4.90. The molecule has 23 heavy (non-hydrogen) atoms. The van der Waals surface area contributed by atoms with E-state index in [1.807, 2.05) is 13.8 Å². The molecule has 0 radical (unpaired) electrons. The topological polar surface area (TPSA) is 54.0 Å². The second-order valence-corrected chi connectivity index (χ2v) is 9.65. The first-order chi connectivity index (χ1) is 10.8. The van der Waals surface area contributed by atoms with Crippen LogP contribution < -0.4 is 0 Å². The lowest BCUT2D eigenvalue weighted by Gasteiger charge is -2.32. The van der Waals surface area contributed by atoms with Gasteiger partial charge < -0.3 is 18.0 Å². The van der Waals surface area contributed by atoms with Crippen LogP contribution in [0.3, 0.4) is 0 Å². The van der Waals surface area contributed by atoms with Gasteiger partial charge in [0, 0.05) is 24.1 Å². The standard InChI is InChI=1S/C16H33BrO5Si/c1-7-10-11-15(17)12-23(19-8-2,20-9-3)22-14(6)21-16(18)13(4)5/h13-15H,7-12H2,1-6H3. The van der Waals surface area contributed by atoms with Crippen molar-refractivity contribution in [2.24, 2.45) is 5.92 Å². The summed E-state index contributed by atoms with van der Waals surface area (Å²) in [4.78, 5) is 12.0. The Morgan fingerprint density at radius 3 is 2.09 bits per heavy atom. The molecule has 0 saturated carbocycles. The Labute approximate surface area is 150 Å². The number of unbranched alkanes of at least 4 members (excludes halogenated alkanes) is 1. The molecule has 0 spiro atoms. The van der Waals surface area contributed by atoms with E-state index in [0.29, 0.717) is 19.3 Å². The molecule has 0 aliphatic heterocycles. The van der Waals surface area contributed by atoms with E-state index in [9.17, 15) is 4.79 Å². The van der Waals surface area contributed by atoms with Gasteiger partial charge in [-0.3, -0.25) is 4.79 Å². The van der Waals surface area contributed by atoms with Gasteiger partial charge in [-0.25, -0.2) is 0 Å². The summed E-state index contributed by atoms with van der Waals surface area (Å²) in [5.74, 6) is -0.473. The smallest absolute Gasteiger partial charge is 0.437 e. The number of ether oxygens (including phenoxy) is 1. The molecule has 2 atom stereocenters. The summed E-state index contributed by atoms with van der Waals surface area (Å²) in [7, 11) is -2.90. The predicted octanol–water partition coefficient (Wildman–Crippen LogP) is 4.51. The molecule has 0 bridgehead atoms. The number of halogens is 1. The molecule has 7 heteroatoms. The molecular formula is C16H33BrO5Si. The minimum Gasteiger partial charge on any atom is -0.437 e. The highest BCUT2D eigenvalue weighted by atomic mass is 79.9. The maximum atomic E-state index is 11.7. The molecule has 2 unspecified atom stereocenters. The van der Waals surface area contributed by atoms with Crippen LogP contribution in [-0.4, -0.2) is 39.1 Å². The van der Waals surface area contributed by atoms with Crippen molar-refractivity contribution >= 4 is 30.7 Å². The zero-order chi connectivity index (χ0) is 17.9. The van der Waals surface area contributed by atoms with Crippen molar-refractivity contribution < 1.29 is 22.8 Å². The van der Waals surface area contributed by atoms with Crippen LogP contribution in [0.2, 0.25) is 6.04 Å². The second kappa shape index (κ2) is 12.4. The van der Waals surface area contributed by atoms with Crippen molar-refractivity contribution in [2.45, 2.75) is 78.0 Å². The molecule has 138 valence electrons. The van der Waals surface area contributed by atoms with Crippen LogP contribution >= 0.6 is 15.9 Å². The number of rotatable bonds is 13. The third-order valence-electron chi connectivity index (χ3n) is 3.17. The first-order valence-corrected chi connectivity index (χ1v) is 11.4. The van der Waals surface area contributed by atoms with Gasteiger partial charge in [0.2, 0.25) is 0 Å². The van der Waals surface area contributed by atoms with Crippen LogP contribution in [0.4, 0.5) is 0 Å². The van der Waals surface area contributed by atoms with Gasteiger partial charge in [0.1, 0.15) is 0 Å². The lowest BCUT2D eigenvalue weighted by Crippen LogP contribution is -2.50. The Kier molecular flexibility index (Phi) is 12.4. The molecule has 0 aromatic rings. The van der Waals surface area contributed by atoms with Crippen molar-refractivity contribution in [3.63, 3.8) is 0 Å². The molecule has 0 aliphatic carbocycles. The van der Waals surface area contributed by atoms with Crippen LogP contribution in [0.5, 0.6) is 0 Å². The van der Waals surface area contributed by atoms with E-state index in [1.54, 1.807) is 20.8 Å². The van der Waals surface area contributed by atoms with Crippen molar-refractivity contribution in [1.29, 1.82) is 0 Å². The number of carbonyl (C=O) groups is 1. The van der Waals surface area contributed by atoms with E-state index in [-0.39, 0.29) is 16.7 Å². The van der Waals surface area contributed by atoms with Crippen LogP contribution in [0.1, 0.15) is 60.8 Å². The fourth-order valence-corrected chi connectivity index (χ4v) is 6.34. The number of hydrogen-bond acceptors (Lipinski definition) is 5. The fraction of sp³-hybridized carbons (Fsp3) is 0.938. The highest BCUT2D eigenvalue weighted by molar-refractivity contribution is 9.09. The molecule has 0 aromatic carbocycles. The minimum atomic E-state index is -2.90. The zero-order valence-corrected chi connectivity index (χ0v) is 18.0. The quantitative estimate of drug-likeness (QED) is 0.192. The largest absolute Gasteiger partial charge is 0.504 e. The van der Waals surface area contributed by atoms with Gasteiger partial charge in [0.25, 0.3) is 0 Å². The second-order valence-electron chi connectivity index (χ2n) is 5.77. The van der Waals surface area contributed by atoms with Gasteiger partial charge >= 0.3 is 14.8 Å². The van der Waals surface area contributed by atoms with Crippen molar-refractivity contribution in [1.82, 2.24) is 0 Å². The van der Waals surface area contributed by atoms with E-state index in [0.717, 1.165) is 19.3 Å². The third kappa shape index (κ3) is 9.81. The van der Waals surface area contributed by atoms with Gasteiger partial charge in [-0.15, -0.1) is 0 Å². The number of esters is 1. The Morgan fingerprint density at radius 1 is 1.09 bits per heavy atom. The Hall–Kier alpha value is 0.0469. The molecule has 0 saturated heterocycles. The summed E-state index contributed by atoms with van der Waals surface area (Å²) < 4.78 is 23.1. The maximum Gasteiger partial charge on any atom is 0.504 e. The van der Waals surface area contributed by atoms with E-state index < -0.39 is 15.1 Å². The minimum absolute atomic E-state index is 0.190. The molecule has 0 aliphatic rings. The van der Waals surface area contributed by atoms with E-state index in [4.69, 9.17) is 18.0 Å². The highest BCUT2D eigenvalue weighted by Gasteiger charge is 2.44. The van der Waals surface area contributed by atoms with Crippen molar-refractivity contribution in [3.05, 3.63) is 0 Å². The lowest BCUT2D eigenvalue weighted by molar-refractivity contribution is -0.171. The number of carbonyl (C=O) groups excluding carboxylic acids is 1. The summed E-state index contributed by atoms with van der Waals surface area (Å²) >= 11 is 3.71. The molecule has 5 nitrogen and oxygen atoms in total. The van der Waals surface area contributed by atoms with Gasteiger partial charge in [0.05, 0.1) is 5.92 Å². The van der Waals surface area contributed by atoms with Gasteiger partial charge in [-0.05, 0) is 27.2 Å². The monoisotopic (exact) mass is 412 g/mol. The summed E-state index contributed by atoms with van der Waals surface area (Å²) in [5, 5.41) is 0. The molecule has 0 N–H and O–H groups in total. The third-order valence-corrected chi connectivity index (χ3v) is 7.69. The molecule has 0 amide bonds. The summed E-state index contributed by atoms with van der Waals surface area (Å²) in [6.07, 6.45) is 2.63. The SMILES string of the molecule is CCCCC(Br)C[Si](OCC)(OCC)OC(C)OC(=O)C(C)C. The van der Waals surface area contributed by atoms with Crippen LogP contribution in [-0.2, 0) is 22.8 Å². The molecule has 0 rings (SSSR count). The number of alkyl halides is 1. The average molecular weight is 413 g/mol. The Morgan fingerprint density at radius 2 is 1.65 bits per heavy atom. The Bertz CT molecular complexity index is 322. The van der Waals surface area contributed by atoms with Crippen molar-refractivity contribution in [2.75, 3.05) is 13.2 Å².